The lowest BCUT2D eigenvalue weighted by Crippen LogP contribution is -2.41. The number of rotatable bonds is 3. The maximum atomic E-state index is 12.7. The van der Waals surface area contributed by atoms with Gasteiger partial charge in [0.05, 0.1) is 10.0 Å². The third-order valence-corrected chi connectivity index (χ3v) is 7.74. The highest BCUT2D eigenvalue weighted by atomic mass is 79.9. The molecule has 1 aromatic rings. The number of halogens is 3. The Bertz CT molecular complexity index is 586. The van der Waals surface area contributed by atoms with Gasteiger partial charge < -0.3 is 0 Å². The van der Waals surface area contributed by atoms with Gasteiger partial charge in [0.1, 0.15) is 4.90 Å². The largest absolute Gasteiger partial charge is 0.246 e. The van der Waals surface area contributed by atoms with Crippen LogP contribution in [-0.4, -0.2) is 36.8 Å². The molecule has 0 aliphatic carbocycles. The van der Waals surface area contributed by atoms with Crippen LogP contribution >= 0.6 is 50.9 Å². The SMILES string of the molecule is CCC1CN(S(=O)(=O)c2c(Cl)cc(Br)cc2Cl)CCS1. The molecule has 1 atom stereocenters. The molecule has 0 aromatic heterocycles. The molecule has 1 aromatic carbocycles. The van der Waals surface area contributed by atoms with Crippen LogP contribution in [-0.2, 0) is 10.0 Å². The highest BCUT2D eigenvalue weighted by Gasteiger charge is 2.33. The minimum Gasteiger partial charge on any atom is -0.207 e. The molecular formula is C12H14BrCl2NO2S2. The van der Waals surface area contributed by atoms with E-state index in [0.717, 1.165) is 12.2 Å². The van der Waals surface area contributed by atoms with Crippen molar-refractivity contribution in [3.8, 4) is 0 Å². The van der Waals surface area contributed by atoms with Crippen molar-refractivity contribution in [3.05, 3.63) is 26.7 Å². The van der Waals surface area contributed by atoms with E-state index in [0.29, 0.717) is 22.8 Å². The Morgan fingerprint density at radius 3 is 2.55 bits per heavy atom. The molecule has 20 heavy (non-hydrogen) atoms. The average Bonchev–Trinajstić information content (AvgIpc) is 2.37. The summed E-state index contributed by atoms with van der Waals surface area (Å²) in [6.45, 7) is 3.06. The summed E-state index contributed by atoms with van der Waals surface area (Å²) in [6, 6.07) is 3.10. The zero-order valence-electron chi connectivity index (χ0n) is 10.8. The topological polar surface area (TPSA) is 37.4 Å². The first kappa shape index (κ1) is 16.9. The van der Waals surface area contributed by atoms with E-state index in [2.05, 4.69) is 22.9 Å². The van der Waals surface area contributed by atoms with Gasteiger partial charge in [-0.25, -0.2) is 8.42 Å². The van der Waals surface area contributed by atoms with Crippen molar-refractivity contribution in [2.45, 2.75) is 23.5 Å². The van der Waals surface area contributed by atoms with Crippen molar-refractivity contribution in [2.24, 2.45) is 0 Å². The lowest BCUT2D eigenvalue weighted by Gasteiger charge is -2.31. The second-order valence-corrected chi connectivity index (χ2v) is 9.48. The smallest absolute Gasteiger partial charge is 0.207 e. The summed E-state index contributed by atoms with van der Waals surface area (Å²) in [4.78, 5) is 0.00536. The van der Waals surface area contributed by atoms with Crippen molar-refractivity contribution in [2.75, 3.05) is 18.8 Å². The van der Waals surface area contributed by atoms with Gasteiger partial charge in [-0.05, 0) is 18.6 Å². The van der Waals surface area contributed by atoms with E-state index < -0.39 is 10.0 Å². The summed E-state index contributed by atoms with van der Waals surface area (Å²) < 4.78 is 27.6. The molecule has 0 amide bonds. The van der Waals surface area contributed by atoms with Gasteiger partial charge in [0.15, 0.2) is 0 Å². The van der Waals surface area contributed by atoms with Crippen LogP contribution in [0.2, 0.25) is 10.0 Å². The zero-order chi connectivity index (χ0) is 14.9. The highest BCUT2D eigenvalue weighted by molar-refractivity contribution is 9.10. The van der Waals surface area contributed by atoms with Crippen LogP contribution in [0.15, 0.2) is 21.5 Å². The van der Waals surface area contributed by atoms with Gasteiger partial charge in [-0.2, -0.15) is 16.1 Å². The molecule has 1 aliphatic heterocycles. The third-order valence-electron chi connectivity index (χ3n) is 3.12. The van der Waals surface area contributed by atoms with Crippen molar-refractivity contribution in [3.63, 3.8) is 0 Å². The molecule has 1 aliphatic rings. The van der Waals surface area contributed by atoms with Gasteiger partial charge in [-0.15, -0.1) is 0 Å². The fourth-order valence-electron chi connectivity index (χ4n) is 2.06. The van der Waals surface area contributed by atoms with Crippen molar-refractivity contribution < 1.29 is 8.42 Å². The minimum atomic E-state index is -3.65. The van der Waals surface area contributed by atoms with Gasteiger partial charge in [0.25, 0.3) is 0 Å². The lowest BCUT2D eigenvalue weighted by molar-refractivity contribution is 0.416. The second-order valence-electron chi connectivity index (χ2n) is 4.46. The van der Waals surface area contributed by atoms with Crippen LogP contribution < -0.4 is 0 Å². The van der Waals surface area contributed by atoms with Gasteiger partial charge >= 0.3 is 0 Å². The molecule has 8 heteroatoms. The molecule has 0 spiro atoms. The van der Waals surface area contributed by atoms with E-state index in [1.165, 1.54) is 4.31 Å². The van der Waals surface area contributed by atoms with E-state index >= 15 is 0 Å². The zero-order valence-corrected chi connectivity index (χ0v) is 15.5. The van der Waals surface area contributed by atoms with Crippen LogP contribution in [0.4, 0.5) is 0 Å². The molecule has 112 valence electrons. The minimum absolute atomic E-state index is 0.00536. The van der Waals surface area contributed by atoms with Crippen LogP contribution in [0, 0.1) is 0 Å². The maximum absolute atomic E-state index is 12.7. The van der Waals surface area contributed by atoms with Crippen LogP contribution in [0.25, 0.3) is 0 Å². The van der Waals surface area contributed by atoms with Crippen molar-refractivity contribution in [1.29, 1.82) is 0 Å². The fraction of sp³-hybridized carbons (Fsp3) is 0.500. The highest BCUT2D eigenvalue weighted by Crippen LogP contribution is 2.36. The number of sulfonamides is 1. The molecule has 0 N–H and O–H groups in total. The Morgan fingerprint density at radius 2 is 2.00 bits per heavy atom. The number of hydrogen-bond acceptors (Lipinski definition) is 3. The van der Waals surface area contributed by atoms with Crippen molar-refractivity contribution >= 4 is 60.9 Å². The van der Waals surface area contributed by atoms with E-state index in [1.54, 1.807) is 12.1 Å². The Labute approximate surface area is 142 Å². The Morgan fingerprint density at radius 1 is 1.40 bits per heavy atom. The Balaban J connectivity index is 2.40. The van der Waals surface area contributed by atoms with Crippen LogP contribution in [0.5, 0.6) is 0 Å². The van der Waals surface area contributed by atoms with E-state index in [9.17, 15) is 8.42 Å². The molecule has 3 nitrogen and oxygen atoms in total. The normalized spacial score (nSPS) is 21.1. The molecular weight excluding hydrogens is 405 g/mol. The van der Waals surface area contributed by atoms with Gasteiger partial charge in [0, 0.05) is 28.6 Å². The summed E-state index contributed by atoms with van der Waals surface area (Å²) in [5.74, 6) is 0.795. The number of nitrogens with zero attached hydrogens (tertiary/aromatic N) is 1. The first-order valence-electron chi connectivity index (χ1n) is 6.12. The molecule has 0 saturated carbocycles. The summed E-state index contributed by atoms with van der Waals surface area (Å²) in [5, 5.41) is 0.623. The standard InChI is InChI=1S/C12H14BrCl2NO2S2/c1-2-9-7-16(3-4-19-9)20(17,18)12-10(14)5-8(13)6-11(12)15/h5-6,9H,2-4,7H2,1H3. The summed E-state index contributed by atoms with van der Waals surface area (Å²) in [7, 11) is -3.65. The van der Waals surface area contributed by atoms with Crippen LogP contribution in [0.3, 0.4) is 0 Å². The molecule has 1 fully saturated rings. The number of hydrogen-bond donors (Lipinski definition) is 0. The molecule has 0 radical (unpaired) electrons. The summed E-state index contributed by atoms with van der Waals surface area (Å²) in [5.41, 5.74) is 0. The third kappa shape index (κ3) is 3.47. The van der Waals surface area contributed by atoms with Gasteiger partial charge in [-0.1, -0.05) is 46.1 Å². The molecule has 1 saturated heterocycles. The van der Waals surface area contributed by atoms with E-state index in [1.807, 2.05) is 11.8 Å². The predicted molar refractivity (Wildman–Crippen MR) is 89.5 cm³/mol. The Hall–Kier alpha value is 0.540. The molecule has 2 rings (SSSR count). The maximum Gasteiger partial charge on any atom is 0.246 e. The molecule has 0 bridgehead atoms. The average molecular weight is 419 g/mol. The summed E-state index contributed by atoms with van der Waals surface area (Å²) in [6.07, 6.45) is 0.943. The number of thioether (sulfide) groups is 1. The second kappa shape index (κ2) is 6.75. The Kier molecular flexibility index (Phi) is 5.71. The van der Waals surface area contributed by atoms with Crippen molar-refractivity contribution in [1.82, 2.24) is 4.31 Å². The molecule has 1 unspecified atom stereocenters. The first-order valence-corrected chi connectivity index (χ1v) is 10.2. The lowest BCUT2D eigenvalue weighted by atomic mass is 10.3. The fourth-order valence-corrected chi connectivity index (χ4v) is 6.82. The van der Waals surface area contributed by atoms with Crippen LogP contribution in [0.1, 0.15) is 13.3 Å². The van der Waals surface area contributed by atoms with Gasteiger partial charge in [0.2, 0.25) is 10.0 Å². The molecule has 1 heterocycles. The predicted octanol–water partition coefficient (Wildman–Crippen LogP) is 4.27. The first-order chi connectivity index (χ1) is 9.36. The van der Waals surface area contributed by atoms with E-state index in [-0.39, 0.29) is 14.9 Å². The monoisotopic (exact) mass is 417 g/mol. The summed E-state index contributed by atoms with van der Waals surface area (Å²) >= 11 is 17.2. The van der Waals surface area contributed by atoms with Gasteiger partial charge in [-0.3, -0.25) is 0 Å². The quantitative estimate of drug-likeness (QED) is 0.735. The van der Waals surface area contributed by atoms with E-state index in [4.69, 9.17) is 23.2 Å². The number of benzene rings is 1.